The summed E-state index contributed by atoms with van der Waals surface area (Å²) >= 11 is 0. The molecule has 1 fully saturated rings. The maximum Gasteiger partial charge on any atom is 0.227 e. The molecule has 4 rings (SSSR count). The lowest BCUT2D eigenvalue weighted by atomic mass is 10.0. The van der Waals surface area contributed by atoms with Crippen molar-refractivity contribution in [2.45, 2.75) is 26.2 Å². The van der Waals surface area contributed by atoms with Gasteiger partial charge in [0.2, 0.25) is 5.95 Å². The Morgan fingerprint density at radius 3 is 3.12 bits per heavy atom. The molecule has 3 heterocycles. The zero-order valence-electron chi connectivity index (χ0n) is 14.7. The monoisotopic (exact) mass is 335 g/mol. The molecule has 1 aliphatic rings. The van der Waals surface area contributed by atoms with Gasteiger partial charge in [-0.05, 0) is 42.9 Å². The summed E-state index contributed by atoms with van der Waals surface area (Å²) in [4.78, 5) is 14.8. The van der Waals surface area contributed by atoms with Crippen LogP contribution in [-0.4, -0.2) is 34.6 Å². The Kier molecular flexibility index (Phi) is 4.55. The van der Waals surface area contributed by atoms with Crippen LogP contribution in [0.25, 0.3) is 10.9 Å². The first-order chi connectivity index (χ1) is 12.3. The number of aromatic amines is 1. The van der Waals surface area contributed by atoms with Crippen molar-refractivity contribution >= 4 is 22.7 Å². The fraction of sp³-hybridized carbons (Fsp3) is 0.400. The van der Waals surface area contributed by atoms with E-state index in [0.717, 1.165) is 43.7 Å². The number of hydrogen-bond acceptors (Lipinski definition) is 4. The molecule has 1 saturated heterocycles. The number of rotatable bonds is 5. The molecule has 5 heteroatoms. The van der Waals surface area contributed by atoms with Gasteiger partial charge in [-0.1, -0.05) is 25.1 Å². The standard InChI is InChI=1S/C20H25N5/c1-15-5-4-12-25(14-15)20-22-11-9-19(24-20)21-10-8-16-13-23-18-7-3-2-6-17(16)18/h2-3,6-7,9,11,13,15,23H,4-5,8,10,12,14H2,1H3,(H,21,22,24). The van der Waals surface area contributed by atoms with E-state index >= 15 is 0 Å². The fourth-order valence-corrected chi connectivity index (χ4v) is 3.63. The molecule has 1 unspecified atom stereocenters. The Balaban J connectivity index is 1.39. The highest BCUT2D eigenvalue weighted by Crippen LogP contribution is 2.21. The molecular weight excluding hydrogens is 310 g/mol. The maximum absolute atomic E-state index is 4.71. The zero-order valence-corrected chi connectivity index (χ0v) is 14.7. The van der Waals surface area contributed by atoms with E-state index in [0.29, 0.717) is 0 Å². The zero-order chi connectivity index (χ0) is 17.1. The number of anilines is 2. The number of piperidine rings is 1. The highest BCUT2D eigenvalue weighted by molar-refractivity contribution is 5.83. The van der Waals surface area contributed by atoms with Crippen LogP contribution in [0.5, 0.6) is 0 Å². The van der Waals surface area contributed by atoms with Crippen LogP contribution >= 0.6 is 0 Å². The maximum atomic E-state index is 4.71. The Labute approximate surface area is 148 Å². The minimum atomic E-state index is 0.718. The quantitative estimate of drug-likeness (QED) is 0.743. The highest BCUT2D eigenvalue weighted by Gasteiger charge is 2.18. The first-order valence-corrected chi connectivity index (χ1v) is 9.16. The van der Waals surface area contributed by atoms with Crippen molar-refractivity contribution in [3.05, 3.63) is 48.3 Å². The molecule has 0 aliphatic carbocycles. The van der Waals surface area contributed by atoms with E-state index in [-0.39, 0.29) is 0 Å². The summed E-state index contributed by atoms with van der Waals surface area (Å²) in [5, 5.41) is 4.75. The predicted octanol–water partition coefficient (Wildman–Crippen LogP) is 3.85. The van der Waals surface area contributed by atoms with E-state index in [1.807, 2.05) is 12.3 Å². The van der Waals surface area contributed by atoms with Gasteiger partial charge in [0.1, 0.15) is 5.82 Å². The molecule has 130 valence electrons. The summed E-state index contributed by atoms with van der Waals surface area (Å²) in [7, 11) is 0. The second kappa shape index (κ2) is 7.13. The summed E-state index contributed by atoms with van der Waals surface area (Å²) in [6.45, 7) is 5.27. The van der Waals surface area contributed by atoms with Gasteiger partial charge in [-0.3, -0.25) is 0 Å². The third-order valence-corrected chi connectivity index (χ3v) is 4.96. The molecule has 1 aromatic carbocycles. The van der Waals surface area contributed by atoms with Crippen LogP contribution in [0.15, 0.2) is 42.7 Å². The van der Waals surface area contributed by atoms with Gasteiger partial charge in [0.05, 0.1) is 0 Å². The fourth-order valence-electron chi connectivity index (χ4n) is 3.63. The van der Waals surface area contributed by atoms with E-state index in [2.05, 4.69) is 57.6 Å². The minimum Gasteiger partial charge on any atom is -0.370 e. The van der Waals surface area contributed by atoms with Crippen molar-refractivity contribution in [3.63, 3.8) is 0 Å². The number of nitrogens with zero attached hydrogens (tertiary/aromatic N) is 3. The molecule has 2 N–H and O–H groups in total. The third kappa shape index (κ3) is 3.60. The molecule has 0 saturated carbocycles. The lowest BCUT2D eigenvalue weighted by Gasteiger charge is -2.30. The van der Waals surface area contributed by atoms with Crippen LogP contribution in [0, 0.1) is 5.92 Å². The van der Waals surface area contributed by atoms with Gasteiger partial charge in [0.25, 0.3) is 0 Å². The van der Waals surface area contributed by atoms with E-state index in [9.17, 15) is 0 Å². The molecule has 0 bridgehead atoms. The number of nitrogens with one attached hydrogen (secondary N) is 2. The van der Waals surface area contributed by atoms with Gasteiger partial charge in [0, 0.05) is 42.9 Å². The number of para-hydroxylation sites is 1. The number of aromatic nitrogens is 3. The number of hydrogen-bond donors (Lipinski definition) is 2. The first kappa shape index (κ1) is 15.9. The largest absolute Gasteiger partial charge is 0.370 e. The molecule has 2 aromatic heterocycles. The van der Waals surface area contributed by atoms with Crippen molar-refractivity contribution < 1.29 is 0 Å². The average Bonchev–Trinajstić information content (AvgIpc) is 3.05. The summed E-state index contributed by atoms with van der Waals surface area (Å²) in [6.07, 6.45) is 7.45. The summed E-state index contributed by atoms with van der Waals surface area (Å²) < 4.78 is 0. The van der Waals surface area contributed by atoms with Crippen LogP contribution in [-0.2, 0) is 6.42 Å². The van der Waals surface area contributed by atoms with Crippen LogP contribution in [0.1, 0.15) is 25.3 Å². The molecule has 5 nitrogen and oxygen atoms in total. The number of fused-ring (bicyclic) bond motifs is 1. The van der Waals surface area contributed by atoms with Gasteiger partial charge in [-0.15, -0.1) is 0 Å². The molecule has 3 aromatic rings. The van der Waals surface area contributed by atoms with Crippen molar-refractivity contribution in [3.8, 4) is 0 Å². The van der Waals surface area contributed by atoms with Crippen molar-refractivity contribution in [1.82, 2.24) is 15.0 Å². The third-order valence-electron chi connectivity index (χ3n) is 4.96. The lowest BCUT2D eigenvalue weighted by molar-refractivity contribution is 0.442. The predicted molar refractivity (Wildman–Crippen MR) is 103 cm³/mol. The molecule has 0 spiro atoms. The second-order valence-corrected chi connectivity index (χ2v) is 6.97. The van der Waals surface area contributed by atoms with E-state index in [1.165, 1.54) is 29.3 Å². The molecular formula is C20H25N5. The number of H-pyrrole nitrogens is 1. The van der Waals surface area contributed by atoms with Gasteiger partial charge in [0.15, 0.2) is 0 Å². The molecule has 25 heavy (non-hydrogen) atoms. The van der Waals surface area contributed by atoms with Crippen LogP contribution in [0.4, 0.5) is 11.8 Å². The Hall–Kier alpha value is -2.56. The normalized spacial score (nSPS) is 17.8. The van der Waals surface area contributed by atoms with E-state index in [1.54, 1.807) is 0 Å². The van der Waals surface area contributed by atoms with Crippen molar-refractivity contribution in [2.75, 3.05) is 29.9 Å². The first-order valence-electron chi connectivity index (χ1n) is 9.16. The summed E-state index contributed by atoms with van der Waals surface area (Å²) in [5.74, 6) is 2.47. The smallest absolute Gasteiger partial charge is 0.227 e. The summed E-state index contributed by atoms with van der Waals surface area (Å²) in [5.41, 5.74) is 2.53. The highest BCUT2D eigenvalue weighted by atomic mass is 15.3. The molecule has 0 radical (unpaired) electrons. The van der Waals surface area contributed by atoms with E-state index in [4.69, 9.17) is 4.98 Å². The minimum absolute atomic E-state index is 0.718. The van der Waals surface area contributed by atoms with Crippen molar-refractivity contribution in [2.24, 2.45) is 5.92 Å². The van der Waals surface area contributed by atoms with Gasteiger partial charge in [-0.2, -0.15) is 4.98 Å². The van der Waals surface area contributed by atoms with Gasteiger partial charge in [-0.25, -0.2) is 4.98 Å². The van der Waals surface area contributed by atoms with Gasteiger partial charge < -0.3 is 15.2 Å². The second-order valence-electron chi connectivity index (χ2n) is 6.97. The van der Waals surface area contributed by atoms with Crippen LogP contribution < -0.4 is 10.2 Å². The number of benzene rings is 1. The Morgan fingerprint density at radius 1 is 1.28 bits per heavy atom. The molecule has 1 aliphatic heterocycles. The van der Waals surface area contributed by atoms with E-state index < -0.39 is 0 Å². The lowest BCUT2D eigenvalue weighted by Crippen LogP contribution is -2.35. The Morgan fingerprint density at radius 2 is 2.20 bits per heavy atom. The molecule has 1 atom stereocenters. The topological polar surface area (TPSA) is 56.8 Å². The van der Waals surface area contributed by atoms with Gasteiger partial charge >= 0.3 is 0 Å². The van der Waals surface area contributed by atoms with Crippen LogP contribution in [0.2, 0.25) is 0 Å². The molecule has 0 amide bonds. The Bertz CT molecular complexity index is 841. The summed E-state index contributed by atoms with van der Waals surface area (Å²) in [6, 6.07) is 10.4. The SMILES string of the molecule is CC1CCCN(c2nccc(NCCc3c[nH]c4ccccc34)n2)C1. The van der Waals surface area contributed by atoms with Crippen LogP contribution in [0.3, 0.4) is 0 Å². The average molecular weight is 335 g/mol. The van der Waals surface area contributed by atoms with Crippen molar-refractivity contribution in [1.29, 1.82) is 0 Å².